The summed E-state index contributed by atoms with van der Waals surface area (Å²) < 4.78 is 5.22. The highest BCUT2D eigenvalue weighted by Crippen LogP contribution is 2.23. The normalized spacial score (nSPS) is 12.6. The zero-order chi connectivity index (χ0) is 24.3. The molecule has 0 spiro atoms. The van der Waals surface area contributed by atoms with Gasteiger partial charge in [-0.15, -0.1) is 0 Å². The minimum absolute atomic E-state index is 0.0294. The van der Waals surface area contributed by atoms with E-state index in [0.717, 1.165) is 41.1 Å². The zero-order valence-corrected chi connectivity index (χ0v) is 20.7. The van der Waals surface area contributed by atoms with Crippen LogP contribution in [0.5, 0.6) is 5.75 Å². The average Bonchev–Trinajstić information content (AvgIpc) is 2.86. The van der Waals surface area contributed by atoms with Crippen molar-refractivity contribution in [2.45, 2.75) is 45.7 Å². The summed E-state index contributed by atoms with van der Waals surface area (Å²) in [5.74, 6) is 1.24. The lowest BCUT2D eigenvalue weighted by atomic mass is 10.0. The van der Waals surface area contributed by atoms with Crippen molar-refractivity contribution in [2.75, 3.05) is 24.3 Å². The fourth-order valence-corrected chi connectivity index (χ4v) is 3.87. The Labute approximate surface area is 203 Å². The van der Waals surface area contributed by atoms with Gasteiger partial charge < -0.3 is 20.7 Å². The summed E-state index contributed by atoms with van der Waals surface area (Å²) in [5.41, 5.74) is 4.24. The highest BCUT2D eigenvalue weighted by atomic mass is 16.5. The van der Waals surface area contributed by atoms with Crippen LogP contribution in [0.2, 0.25) is 0 Å². The Morgan fingerprint density at radius 1 is 0.882 bits per heavy atom. The summed E-state index contributed by atoms with van der Waals surface area (Å²) in [5, 5.41) is 10.1. The maximum Gasteiger partial charge on any atom is 0.242 e. The van der Waals surface area contributed by atoms with Crippen molar-refractivity contribution in [3.8, 4) is 16.9 Å². The molecule has 3 aromatic rings. The van der Waals surface area contributed by atoms with Gasteiger partial charge in [0.2, 0.25) is 5.91 Å². The van der Waals surface area contributed by atoms with Crippen molar-refractivity contribution >= 4 is 17.3 Å². The second-order valence-electron chi connectivity index (χ2n) is 9.00. The predicted octanol–water partition coefficient (Wildman–Crippen LogP) is 6.20. The Morgan fingerprint density at radius 3 is 2.24 bits per heavy atom. The Hall–Kier alpha value is -3.47. The van der Waals surface area contributed by atoms with Crippen LogP contribution in [0, 0.1) is 5.92 Å². The second kappa shape index (κ2) is 12.7. The van der Waals surface area contributed by atoms with Gasteiger partial charge in [-0.25, -0.2) is 0 Å². The highest BCUT2D eigenvalue weighted by Gasteiger charge is 2.22. The van der Waals surface area contributed by atoms with E-state index in [4.69, 9.17) is 4.74 Å². The van der Waals surface area contributed by atoms with Crippen LogP contribution in [-0.2, 0) is 4.79 Å². The molecule has 0 aliphatic carbocycles. The zero-order valence-electron chi connectivity index (χ0n) is 20.7. The average molecular weight is 460 g/mol. The van der Waals surface area contributed by atoms with Gasteiger partial charge in [0.15, 0.2) is 0 Å². The number of nitrogens with one attached hydrogen (secondary N) is 3. The molecule has 1 amide bonds. The molecular formula is C29H37N3O2. The van der Waals surface area contributed by atoms with Gasteiger partial charge >= 0.3 is 0 Å². The molecule has 5 nitrogen and oxygen atoms in total. The summed E-state index contributed by atoms with van der Waals surface area (Å²) in [4.78, 5) is 13.3. The molecular weight excluding hydrogens is 422 g/mol. The number of hydrogen-bond donors (Lipinski definition) is 3. The van der Waals surface area contributed by atoms with Gasteiger partial charge in [-0.3, -0.25) is 4.79 Å². The summed E-state index contributed by atoms with van der Waals surface area (Å²) in [7, 11) is 1.66. The molecule has 0 aliphatic rings. The number of carbonyl (C=O) groups is 1. The van der Waals surface area contributed by atoms with Gasteiger partial charge in [-0.2, -0.15) is 0 Å². The van der Waals surface area contributed by atoms with Crippen molar-refractivity contribution in [3.05, 3.63) is 78.9 Å². The lowest BCUT2D eigenvalue weighted by Crippen LogP contribution is -2.47. The van der Waals surface area contributed by atoms with Gasteiger partial charge in [-0.1, -0.05) is 63.2 Å². The Morgan fingerprint density at radius 2 is 1.59 bits per heavy atom. The molecule has 3 N–H and O–H groups in total. The number of anilines is 2. The van der Waals surface area contributed by atoms with Crippen LogP contribution < -0.4 is 20.7 Å². The first-order valence-electron chi connectivity index (χ1n) is 12.1. The molecule has 34 heavy (non-hydrogen) atoms. The predicted molar refractivity (Wildman–Crippen MR) is 142 cm³/mol. The van der Waals surface area contributed by atoms with E-state index in [-0.39, 0.29) is 18.0 Å². The van der Waals surface area contributed by atoms with E-state index in [0.29, 0.717) is 12.5 Å². The largest absolute Gasteiger partial charge is 0.497 e. The van der Waals surface area contributed by atoms with Crippen LogP contribution in [0.3, 0.4) is 0 Å². The van der Waals surface area contributed by atoms with Crippen LogP contribution >= 0.6 is 0 Å². The maximum atomic E-state index is 13.3. The number of ether oxygens (including phenoxy) is 1. The third-order valence-electron chi connectivity index (χ3n) is 5.82. The van der Waals surface area contributed by atoms with E-state index >= 15 is 0 Å². The van der Waals surface area contributed by atoms with E-state index < -0.39 is 0 Å². The minimum Gasteiger partial charge on any atom is -0.497 e. The van der Waals surface area contributed by atoms with Crippen molar-refractivity contribution < 1.29 is 9.53 Å². The Balaban J connectivity index is 1.64. The van der Waals surface area contributed by atoms with Crippen LogP contribution in [-0.4, -0.2) is 31.6 Å². The SMILES string of the molecule is CC[C@@H](CNc1ccc(OC)cc1)NC(=O)[C@H](CC(C)C)Nc1cccc(-c2ccccc2)c1. The van der Waals surface area contributed by atoms with Gasteiger partial charge in [0.25, 0.3) is 0 Å². The monoisotopic (exact) mass is 459 g/mol. The first kappa shape index (κ1) is 25.2. The third kappa shape index (κ3) is 7.55. The second-order valence-corrected chi connectivity index (χ2v) is 9.00. The van der Waals surface area contributed by atoms with Crippen molar-refractivity contribution in [2.24, 2.45) is 5.92 Å². The fraction of sp³-hybridized carbons (Fsp3) is 0.345. The fourth-order valence-electron chi connectivity index (χ4n) is 3.87. The smallest absolute Gasteiger partial charge is 0.242 e. The molecule has 3 rings (SSSR count). The molecule has 0 saturated carbocycles. The Bertz CT molecular complexity index is 1020. The first-order chi connectivity index (χ1) is 16.5. The van der Waals surface area contributed by atoms with Crippen molar-refractivity contribution in [1.82, 2.24) is 5.32 Å². The molecule has 0 saturated heterocycles. The van der Waals surface area contributed by atoms with E-state index in [9.17, 15) is 4.79 Å². The van der Waals surface area contributed by atoms with Gasteiger partial charge in [0.1, 0.15) is 11.8 Å². The summed E-state index contributed by atoms with van der Waals surface area (Å²) in [6, 6.07) is 26.1. The van der Waals surface area contributed by atoms with E-state index in [2.05, 4.69) is 61.0 Å². The molecule has 5 heteroatoms. The molecule has 0 aliphatic heterocycles. The molecule has 2 atom stereocenters. The van der Waals surface area contributed by atoms with Crippen molar-refractivity contribution in [1.29, 1.82) is 0 Å². The molecule has 0 aromatic heterocycles. The topological polar surface area (TPSA) is 62.4 Å². The lowest BCUT2D eigenvalue weighted by molar-refractivity contribution is -0.122. The molecule has 0 fully saturated rings. The number of methoxy groups -OCH3 is 1. The first-order valence-corrected chi connectivity index (χ1v) is 12.1. The number of rotatable bonds is 12. The van der Waals surface area contributed by atoms with Crippen LogP contribution in [0.4, 0.5) is 11.4 Å². The lowest BCUT2D eigenvalue weighted by Gasteiger charge is -2.25. The minimum atomic E-state index is -0.305. The van der Waals surface area contributed by atoms with Crippen LogP contribution in [0.1, 0.15) is 33.6 Å². The number of carbonyl (C=O) groups excluding carboxylic acids is 1. The van der Waals surface area contributed by atoms with E-state index in [1.165, 1.54) is 0 Å². The molecule has 0 bridgehead atoms. The highest BCUT2D eigenvalue weighted by molar-refractivity contribution is 5.85. The van der Waals surface area contributed by atoms with Gasteiger partial charge in [0.05, 0.1) is 7.11 Å². The van der Waals surface area contributed by atoms with E-state index in [1.807, 2.05) is 54.6 Å². The summed E-state index contributed by atoms with van der Waals surface area (Å²) in [6.07, 6.45) is 1.59. The molecule has 0 unspecified atom stereocenters. The standard InChI is InChI=1S/C29H37N3O2/c1-5-24(20-30-25-14-16-27(34-4)17-15-25)32-29(33)28(18-21(2)3)31-26-13-9-12-23(19-26)22-10-7-6-8-11-22/h6-17,19,21,24,28,30-31H,5,18,20H2,1-4H3,(H,32,33)/t24-,28-/m0/s1. The number of amides is 1. The van der Waals surface area contributed by atoms with E-state index in [1.54, 1.807) is 7.11 Å². The maximum absolute atomic E-state index is 13.3. The summed E-state index contributed by atoms with van der Waals surface area (Å²) in [6.45, 7) is 7.04. The van der Waals surface area contributed by atoms with Gasteiger partial charge in [-0.05, 0) is 66.3 Å². The molecule has 0 heterocycles. The van der Waals surface area contributed by atoms with Gasteiger partial charge in [0, 0.05) is 24.0 Å². The number of benzene rings is 3. The van der Waals surface area contributed by atoms with Crippen LogP contribution in [0.15, 0.2) is 78.9 Å². The molecule has 3 aromatic carbocycles. The van der Waals surface area contributed by atoms with Crippen LogP contribution in [0.25, 0.3) is 11.1 Å². The Kier molecular flexibility index (Phi) is 9.39. The molecule has 180 valence electrons. The third-order valence-corrected chi connectivity index (χ3v) is 5.82. The number of hydrogen-bond acceptors (Lipinski definition) is 4. The van der Waals surface area contributed by atoms with Crippen molar-refractivity contribution in [3.63, 3.8) is 0 Å². The molecule has 0 radical (unpaired) electrons. The quantitative estimate of drug-likeness (QED) is 0.302. The summed E-state index contributed by atoms with van der Waals surface area (Å²) >= 11 is 0.